The Morgan fingerprint density at radius 3 is 2.76 bits per heavy atom. The number of nitrogens with zero attached hydrogens (tertiary/aromatic N) is 1. The molecule has 1 heterocycles. The predicted molar refractivity (Wildman–Crippen MR) is 69.9 cm³/mol. The standard InChI is InChI=1S/C13H11ClFNS/c1-9(17-13-4-2-3-7-16-13)10-5-6-12(15)11(14)8-10/h2-9H,1H3. The summed E-state index contributed by atoms with van der Waals surface area (Å²) in [6, 6.07) is 10.6. The molecule has 0 saturated carbocycles. The van der Waals surface area contributed by atoms with Gasteiger partial charge in [0, 0.05) is 11.4 Å². The van der Waals surface area contributed by atoms with E-state index in [0.717, 1.165) is 10.6 Å². The second-order valence-corrected chi connectivity index (χ2v) is 5.37. The van der Waals surface area contributed by atoms with Crippen LogP contribution in [0.4, 0.5) is 4.39 Å². The third kappa shape index (κ3) is 3.20. The van der Waals surface area contributed by atoms with Gasteiger partial charge in [0.25, 0.3) is 0 Å². The number of halogens is 2. The molecule has 2 aromatic rings. The molecule has 0 aliphatic heterocycles. The molecule has 1 unspecified atom stereocenters. The number of thioether (sulfide) groups is 1. The summed E-state index contributed by atoms with van der Waals surface area (Å²) < 4.78 is 13.0. The summed E-state index contributed by atoms with van der Waals surface area (Å²) in [5.41, 5.74) is 0.993. The lowest BCUT2D eigenvalue weighted by Gasteiger charge is -2.11. The minimum atomic E-state index is -0.384. The van der Waals surface area contributed by atoms with E-state index < -0.39 is 0 Å². The predicted octanol–water partition coefficient (Wildman–Crippen LogP) is 4.73. The molecule has 0 N–H and O–H groups in total. The first-order chi connectivity index (χ1) is 8.16. The van der Waals surface area contributed by atoms with Crippen LogP contribution in [0.25, 0.3) is 0 Å². The quantitative estimate of drug-likeness (QED) is 0.746. The topological polar surface area (TPSA) is 12.9 Å². The van der Waals surface area contributed by atoms with Gasteiger partial charge in [-0.1, -0.05) is 35.5 Å². The lowest BCUT2D eigenvalue weighted by atomic mass is 10.2. The van der Waals surface area contributed by atoms with Crippen molar-refractivity contribution in [1.29, 1.82) is 0 Å². The minimum absolute atomic E-state index is 0.163. The number of hydrogen-bond acceptors (Lipinski definition) is 2. The van der Waals surface area contributed by atoms with E-state index in [1.54, 1.807) is 30.1 Å². The van der Waals surface area contributed by atoms with Crippen LogP contribution in [-0.4, -0.2) is 4.98 Å². The van der Waals surface area contributed by atoms with Crippen LogP contribution in [0.2, 0.25) is 5.02 Å². The van der Waals surface area contributed by atoms with Crippen LogP contribution < -0.4 is 0 Å². The average molecular weight is 268 g/mol. The largest absolute Gasteiger partial charge is 0.250 e. The molecular formula is C13H11ClFNS. The molecule has 1 aromatic carbocycles. The van der Waals surface area contributed by atoms with Gasteiger partial charge in [-0.2, -0.15) is 0 Å². The number of rotatable bonds is 3. The summed E-state index contributed by atoms with van der Waals surface area (Å²) in [5.74, 6) is -0.384. The molecule has 1 nitrogen and oxygen atoms in total. The van der Waals surface area contributed by atoms with Gasteiger partial charge in [-0.25, -0.2) is 9.37 Å². The maximum atomic E-state index is 13.0. The third-order valence-electron chi connectivity index (χ3n) is 2.35. The van der Waals surface area contributed by atoms with E-state index in [4.69, 9.17) is 11.6 Å². The van der Waals surface area contributed by atoms with Crippen molar-refractivity contribution in [2.75, 3.05) is 0 Å². The van der Waals surface area contributed by atoms with Crippen LogP contribution in [0, 0.1) is 5.82 Å². The first-order valence-corrected chi connectivity index (χ1v) is 6.45. The molecule has 2 rings (SSSR count). The van der Waals surface area contributed by atoms with Crippen LogP contribution >= 0.6 is 23.4 Å². The van der Waals surface area contributed by atoms with Crippen LogP contribution in [0.15, 0.2) is 47.6 Å². The fraction of sp³-hybridized carbons (Fsp3) is 0.154. The lowest BCUT2D eigenvalue weighted by Crippen LogP contribution is -1.90. The zero-order valence-electron chi connectivity index (χ0n) is 9.23. The molecule has 1 atom stereocenters. The van der Waals surface area contributed by atoms with Crippen molar-refractivity contribution in [3.8, 4) is 0 Å². The second kappa shape index (κ2) is 5.52. The highest BCUT2D eigenvalue weighted by Gasteiger charge is 2.10. The molecule has 0 saturated heterocycles. The lowest BCUT2D eigenvalue weighted by molar-refractivity contribution is 0.627. The second-order valence-electron chi connectivity index (χ2n) is 3.60. The summed E-state index contributed by atoms with van der Waals surface area (Å²) in [6.07, 6.45) is 1.76. The van der Waals surface area contributed by atoms with Crippen molar-refractivity contribution in [3.05, 3.63) is 59.0 Å². The van der Waals surface area contributed by atoms with Crippen molar-refractivity contribution < 1.29 is 4.39 Å². The van der Waals surface area contributed by atoms with Gasteiger partial charge in [0.15, 0.2) is 0 Å². The SMILES string of the molecule is CC(Sc1ccccn1)c1ccc(F)c(Cl)c1. The monoisotopic (exact) mass is 267 g/mol. The van der Waals surface area contributed by atoms with Crippen LogP contribution in [-0.2, 0) is 0 Å². The fourth-order valence-electron chi connectivity index (χ4n) is 1.43. The number of hydrogen-bond donors (Lipinski definition) is 0. The molecule has 0 fully saturated rings. The maximum absolute atomic E-state index is 13.0. The zero-order valence-corrected chi connectivity index (χ0v) is 10.8. The summed E-state index contributed by atoms with van der Waals surface area (Å²) in [4.78, 5) is 4.24. The van der Waals surface area contributed by atoms with Gasteiger partial charge >= 0.3 is 0 Å². The zero-order chi connectivity index (χ0) is 12.3. The molecular weight excluding hydrogens is 257 g/mol. The van der Waals surface area contributed by atoms with Gasteiger partial charge in [0.1, 0.15) is 5.82 Å². The van der Waals surface area contributed by atoms with E-state index in [1.165, 1.54) is 6.07 Å². The Balaban J connectivity index is 2.14. The van der Waals surface area contributed by atoms with E-state index in [2.05, 4.69) is 4.98 Å². The molecule has 0 amide bonds. The van der Waals surface area contributed by atoms with Crippen molar-refractivity contribution in [2.45, 2.75) is 17.2 Å². The Kier molecular flexibility index (Phi) is 4.02. The number of aromatic nitrogens is 1. The molecule has 4 heteroatoms. The molecule has 1 aromatic heterocycles. The van der Waals surface area contributed by atoms with E-state index in [9.17, 15) is 4.39 Å². The van der Waals surface area contributed by atoms with Crippen LogP contribution in [0.3, 0.4) is 0 Å². The third-order valence-corrected chi connectivity index (χ3v) is 3.75. The number of pyridine rings is 1. The van der Waals surface area contributed by atoms with Crippen molar-refractivity contribution in [3.63, 3.8) is 0 Å². The van der Waals surface area contributed by atoms with Gasteiger partial charge in [-0.3, -0.25) is 0 Å². The van der Waals surface area contributed by atoms with Gasteiger partial charge in [-0.05, 0) is 36.8 Å². The summed E-state index contributed by atoms with van der Waals surface area (Å²) >= 11 is 7.38. The van der Waals surface area contributed by atoms with Crippen molar-refractivity contribution >= 4 is 23.4 Å². The Bertz CT molecular complexity index is 504. The molecule has 0 radical (unpaired) electrons. The average Bonchev–Trinajstić information content (AvgIpc) is 2.34. The first kappa shape index (κ1) is 12.4. The van der Waals surface area contributed by atoms with E-state index in [0.29, 0.717) is 0 Å². The maximum Gasteiger partial charge on any atom is 0.141 e. The molecule has 0 aliphatic carbocycles. The Labute approximate surface area is 109 Å². The van der Waals surface area contributed by atoms with Gasteiger partial charge in [0.2, 0.25) is 0 Å². The van der Waals surface area contributed by atoms with Crippen LogP contribution in [0.1, 0.15) is 17.7 Å². The van der Waals surface area contributed by atoms with Crippen LogP contribution in [0.5, 0.6) is 0 Å². The summed E-state index contributed by atoms with van der Waals surface area (Å²) in [5, 5.41) is 1.29. The molecule has 0 bridgehead atoms. The summed E-state index contributed by atoms with van der Waals surface area (Å²) in [7, 11) is 0. The molecule has 0 spiro atoms. The van der Waals surface area contributed by atoms with Gasteiger partial charge in [0.05, 0.1) is 10.0 Å². The van der Waals surface area contributed by atoms with Crippen molar-refractivity contribution in [1.82, 2.24) is 4.98 Å². The molecule has 0 aliphatic rings. The fourth-order valence-corrected chi connectivity index (χ4v) is 2.54. The highest BCUT2D eigenvalue weighted by atomic mass is 35.5. The highest BCUT2D eigenvalue weighted by molar-refractivity contribution is 7.99. The highest BCUT2D eigenvalue weighted by Crippen LogP contribution is 2.34. The van der Waals surface area contributed by atoms with E-state index in [1.807, 2.05) is 25.1 Å². The van der Waals surface area contributed by atoms with E-state index in [-0.39, 0.29) is 16.1 Å². The smallest absolute Gasteiger partial charge is 0.141 e. The minimum Gasteiger partial charge on any atom is -0.250 e. The van der Waals surface area contributed by atoms with Crippen molar-refractivity contribution in [2.24, 2.45) is 0 Å². The molecule has 88 valence electrons. The van der Waals surface area contributed by atoms with E-state index >= 15 is 0 Å². The summed E-state index contributed by atoms with van der Waals surface area (Å²) in [6.45, 7) is 2.04. The Hall–Kier alpha value is -1.06. The Morgan fingerprint density at radius 2 is 2.12 bits per heavy atom. The number of benzene rings is 1. The Morgan fingerprint density at radius 1 is 1.29 bits per heavy atom. The normalized spacial score (nSPS) is 12.4. The van der Waals surface area contributed by atoms with Gasteiger partial charge < -0.3 is 0 Å². The first-order valence-electron chi connectivity index (χ1n) is 5.19. The van der Waals surface area contributed by atoms with Gasteiger partial charge in [-0.15, -0.1) is 0 Å². The molecule has 17 heavy (non-hydrogen) atoms.